The molecule has 1 fully saturated rings. The lowest BCUT2D eigenvalue weighted by Gasteiger charge is -2.15. The van der Waals surface area contributed by atoms with Crippen molar-refractivity contribution in [1.82, 2.24) is 14.8 Å². The summed E-state index contributed by atoms with van der Waals surface area (Å²) in [4.78, 5) is 57.0. The number of imide groups is 1. The Bertz CT molecular complexity index is 1460. The van der Waals surface area contributed by atoms with Crippen molar-refractivity contribution in [2.45, 2.75) is 39.0 Å². The number of nitrogens with one attached hydrogen (secondary N) is 1. The second kappa shape index (κ2) is 8.49. The van der Waals surface area contributed by atoms with Crippen LogP contribution in [0.1, 0.15) is 54.2 Å². The number of para-hydroxylation sites is 1. The number of nitrogens with zero attached hydrogens (tertiary/aromatic N) is 3. The monoisotopic (exact) mass is 474 g/mol. The van der Waals surface area contributed by atoms with Gasteiger partial charge in [0.1, 0.15) is 0 Å². The van der Waals surface area contributed by atoms with Gasteiger partial charge in [-0.05, 0) is 49.7 Å². The molecular formula is C25H22N4O4S. The number of amides is 2. The first kappa shape index (κ1) is 22.0. The van der Waals surface area contributed by atoms with Gasteiger partial charge >= 0.3 is 0 Å². The maximum atomic E-state index is 13.5. The van der Waals surface area contributed by atoms with E-state index in [9.17, 15) is 19.2 Å². The summed E-state index contributed by atoms with van der Waals surface area (Å²) in [5.74, 6) is -1.79. The van der Waals surface area contributed by atoms with Crippen LogP contribution in [0.15, 0.2) is 53.3 Å². The number of anilines is 1. The minimum Gasteiger partial charge on any atom is -0.295 e. The molecule has 0 bridgehead atoms. The molecule has 0 unspecified atom stereocenters. The number of fused-ring (bicyclic) bond motifs is 1. The van der Waals surface area contributed by atoms with Gasteiger partial charge in [0, 0.05) is 17.7 Å². The summed E-state index contributed by atoms with van der Waals surface area (Å²) in [7, 11) is 0. The van der Waals surface area contributed by atoms with Crippen molar-refractivity contribution in [2.24, 2.45) is 0 Å². The number of aromatic amines is 1. The van der Waals surface area contributed by atoms with Crippen molar-refractivity contribution in [3.8, 4) is 5.13 Å². The normalized spacial score (nSPS) is 16.1. The number of thiazole rings is 1. The zero-order valence-electron chi connectivity index (χ0n) is 18.7. The maximum absolute atomic E-state index is 13.5. The predicted molar refractivity (Wildman–Crippen MR) is 130 cm³/mol. The van der Waals surface area contributed by atoms with Gasteiger partial charge in [0.25, 0.3) is 5.56 Å². The molecule has 1 atom stereocenters. The molecule has 0 saturated carbocycles. The molecule has 1 saturated heterocycles. The van der Waals surface area contributed by atoms with Gasteiger partial charge in [0.15, 0.2) is 5.78 Å². The van der Waals surface area contributed by atoms with Crippen molar-refractivity contribution in [3.63, 3.8) is 0 Å². The third-order valence-corrected chi connectivity index (χ3v) is 7.03. The van der Waals surface area contributed by atoms with Gasteiger partial charge in [-0.2, -0.15) is 4.68 Å². The fourth-order valence-corrected chi connectivity index (χ4v) is 5.29. The summed E-state index contributed by atoms with van der Waals surface area (Å²) < 4.78 is 2.33. The average Bonchev–Trinajstić information content (AvgIpc) is 3.47. The molecule has 2 amide bonds. The quantitative estimate of drug-likeness (QED) is 0.336. The molecule has 1 aliphatic heterocycles. The Hall–Kier alpha value is -3.85. The summed E-state index contributed by atoms with van der Waals surface area (Å²) in [5.41, 5.74) is 2.28. The molecule has 2 aromatic heterocycles. The van der Waals surface area contributed by atoms with E-state index >= 15 is 0 Å². The van der Waals surface area contributed by atoms with Crippen LogP contribution >= 0.6 is 11.3 Å². The summed E-state index contributed by atoms with van der Waals surface area (Å²) in [5, 5.41) is 3.64. The molecule has 1 aliphatic rings. The molecular weight excluding hydrogens is 452 g/mol. The highest BCUT2D eigenvalue weighted by molar-refractivity contribution is 7.20. The van der Waals surface area contributed by atoms with Crippen LogP contribution in [-0.4, -0.2) is 32.4 Å². The minimum atomic E-state index is -0.874. The summed E-state index contributed by atoms with van der Waals surface area (Å²) >= 11 is 1.38. The molecule has 1 N–H and O–H groups in total. The summed E-state index contributed by atoms with van der Waals surface area (Å²) in [6, 6.07) is 14.0. The Morgan fingerprint density at radius 3 is 2.53 bits per heavy atom. The molecule has 8 nitrogen and oxygen atoms in total. The average molecular weight is 475 g/mol. The van der Waals surface area contributed by atoms with Crippen LogP contribution < -0.4 is 10.5 Å². The first-order chi connectivity index (χ1) is 16.4. The van der Waals surface area contributed by atoms with Crippen molar-refractivity contribution in [1.29, 1.82) is 0 Å². The van der Waals surface area contributed by atoms with Gasteiger partial charge in [0.2, 0.25) is 16.9 Å². The van der Waals surface area contributed by atoms with E-state index in [1.165, 1.54) is 22.9 Å². The van der Waals surface area contributed by atoms with Gasteiger partial charge in [-0.15, -0.1) is 0 Å². The van der Waals surface area contributed by atoms with Crippen molar-refractivity contribution < 1.29 is 14.4 Å². The zero-order chi connectivity index (χ0) is 24.0. The van der Waals surface area contributed by atoms with Crippen LogP contribution in [0, 0.1) is 0 Å². The van der Waals surface area contributed by atoms with Crippen LogP contribution in [0.5, 0.6) is 0 Å². The molecule has 0 radical (unpaired) electrons. The van der Waals surface area contributed by atoms with E-state index in [1.807, 2.05) is 31.2 Å². The molecule has 4 aromatic rings. The lowest BCUT2D eigenvalue weighted by atomic mass is 9.96. The number of aromatic nitrogens is 3. The Labute approximate surface area is 198 Å². The van der Waals surface area contributed by atoms with Gasteiger partial charge in [0.05, 0.1) is 27.4 Å². The van der Waals surface area contributed by atoms with Crippen molar-refractivity contribution in [3.05, 3.63) is 75.7 Å². The summed E-state index contributed by atoms with van der Waals surface area (Å²) in [6.07, 6.45) is 1.24. The number of hydrogen-bond acceptors (Lipinski definition) is 6. The van der Waals surface area contributed by atoms with Crippen molar-refractivity contribution in [2.75, 3.05) is 4.90 Å². The van der Waals surface area contributed by atoms with Crippen LogP contribution in [0.2, 0.25) is 0 Å². The van der Waals surface area contributed by atoms with E-state index in [-0.39, 0.29) is 23.7 Å². The van der Waals surface area contributed by atoms with Gasteiger partial charge < -0.3 is 0 Å². The lowest BCUT2D eigenvalue weighted by Crippen LogP contribution is -2.31. The Morgan fingerprint density at radius 1 is 1.12 bits per heavy atom. The third-order valence-electron chi connectivity index (χ3n) is 6.01. The Morgan fingerprint density at radius 2 is 1.85 bits per heavy atom. The van der Waals surface area contributed by atoms with E-state index in [1.54, 1.807) is 24.3 Å². The van der Waals surface area contributed by atoms with Crippen molar-refractivity contribution >= 4 is 44.8 Å². The molecule has 172 valence electrons. The van der Waals surface area contributed by atoms with E-state index in [2.05, 4.69) is 10.1 Å². The number of carbonyl (C=O) groups is 3. The molecule has 3 heterocycles. The number of Topliss-reactive ketones (excluding diaryl/α,β-unsaturated/α-hetero) is 1. The minimum absolute atomic E-state index is 0.0864. The molecule has 9 heteroatoms. The number of carbonyl (C=O) groups excluding carboxylic acids is 3. The molecule has 0 aliphatic carbocycles. The van der Waals surface area contributed by atoms with Gasteiger partial charge in [-0.25, -0.2) is 4.98 Å². The van der Waals surface area contributed by atoms with Crippen LogP contribution in [0.4, 0.5) is 5.69 Å². The number of rotatable bonds is 6. The van der Waals surface area contributed by atoms with Gasteiger partial charge in [-0.1, -0.05) is 36.8 Å². The number of ketones is 1. The topological polar surface area (TPSA) is 105 Å². The van der Waals surface area contributed by atoms with Crippen LogP contribution in [0.25, 0.3) is 15.3 Å². The third kappa shape index (κ3) is 3.58. The first-order valence-electron chi connectivity index (χ1n) is 11.1. The largest absolute Gasteiger partial charge is 0.295 e. The Kier molecular flexibility index (Phi) is 5.49. The predicted octanol–water partition coefficient (Wildman–Crippen LogP) is 3.98. The highest BCUT2D eigenvalue weighted by Gasteiger charge is 2.43. The molecule has 5 rings (SSSR count). The Balaban J connectivity index is 1.55. The van der Waals surface area contributed by atoms with E-state index in [0.717, 1.165) is 21.5 Å². The summed E-state index contributed by atoms with van der Waals surface area (Å²) in [6.45, 7) is 3.44. The fourth-order valence-electron chi connectivity index (χ4n) is 4.36. The smallest absolute Gasteiger partial charge is 0.277 e. The first-order valence-corrected chi connectivity index (χ1v) is 11.9. The standard InChI is InChI=1S/C25H22N4O4S/c1-3-6-19-22(24(33)29(27-19)25-26-18-7-4-5-8-20(18)34-25)17-13-21(31)28(23(17)32)16-11-9-15(10-12-16)14(2)30/h4-5,7-12,17,27H,3,6,13H2,1-2H3/t17-/m1/s1. The number of aryl methyl sites for hydroxylation is 1. The maximum Gasteiger partial charge on any atom is 0.277 e. The van der Waals surface area contributed by atoms with E-state index in [4.69, 9.17) is 0 Å². The number of hydrogen-bond donors (Lipinski definition) is 1. The molecule has 34 heavy (non-hydrogen) atoms. The SMILES string of the molecule is CCCc1[nH]n(-c2nc3ccccc3s2)c(=O)c1[C@H]1CC(=O)N(c2ccc(C(C)=O)cc2)C1=O. The molecule has 2 aromatic carbocycles. The van der Waals surface area contributed by atoms with E-state index < -0.39 is 11.8 Å². The number of H-pyrrole nitrogens is 1. The number of benzene rings is 2. The second-order valence-electron chi connectivity index (χ2n) is 8.29. The van der Waals surface area contributed by atoms with Crippen LogP contribution in [-0.2, 0) is 16.0 Å². The van der Waals surface area contributed by atoms with Crippen LogP contribution in [0.3, 0.4) is 0 Å². The lowest BCUT2D eigenvalue weighted by molar-refractivity contribution is -0.121. The zero-order valence-corrected chi connectivity index (χ0v) is 19.5. The van der Waals surface area contributed by atoms with E-state index in [0.29, 0.717) is 34.1 Å². The fraction of sp³-hybridized carbons (Fsp3) is 0.240. The van der Waals surface area contributed by atoms with Gasteiger partial charge in [-0.3, -0.25) is 29.2 Å². The highest BCUT2D eigenvalue weighted by Crippen LogP contribution is 2.34. The molecule has 0 spiro atoms. The second-order valence-corrected chi connectivity index (χ2v) is 9.30. The highest BCUT2D eigenvalue weighted by atomic mass is 32.1.